The van der Waals surface area contributed by atoms with Crippen molar-refractivity contribution in [1.82, 2.24) is 0 Å². The molecule has 2 N–H and O–H groups in total. The summed E-state index contributed by atoms with van der Waals surface area (Å²) in [5.74, 6) is -12.3. The minimum atomic E-state index is -6.41. The lowest BCUT2D eigenvalue weighted by atomic mass is 10.0. The maximum Gasteiger partial charge on any atom is 0.460 e. The van der Waals surface area contributed by atoms with Crippen molar-refractivity contribution < 1.29 is 40.3 Å². The molecule has 0 aliphatic rings. The van der Waals surface area contributed by atoms with Crippen LogP contribution in [0.3, 0.4) is 0 Å². The van der Waals surface area contributed by atoms with Crippen LogP contribution >= 0.6 is 0 Å². The summed E-state index contributed by atoms with van der Waals surface area (Å²) in [5.41, 5.74) is 3.71. The number of benzene rings is 2. The molecule has 0 heterocycles. The summed E-state index contributed by atoms with van der Waals surface area (Å²) in [5, 5.41) is 0. The quantitative estimate of drug-likeness (QED) is 0.752. The van der Waals surface area contributed by atoms with Gasteiger partial charge in [-0.3, -0.25) is 4.79 Å². The van der Waals surface area contributed by atoms with Gasteiger partial charge in [-0.25, -0.2) is 0 Å². The number of alkyl halides is 7. The molecule has 2 aromatic rings. The minimum Gasteiger partial charge on any atom is -0.457 e. The number of hydrogen-bond donors (Lipinski definition) is 1. The van der Waals surface area contributed by atoms with Crippen LogP contribution < -0.4 is 10.5 Å². The van der Waals surface area contributed by atoms with Gasteiger partial charge in [0.05, 0.1) is 0 Å². The molecule has 1 amide bonds. The lowest BCUT2D eigenvalue weighted by molar-refractivity contribution is -0.359. The van der Waals surface area contributed by atoms with E-state index in [1.165, 1.54) is 24.3 Å². The van der Waals surface area contributed by atoms with Gasteiger partial charge in [0.2, 0.25) is 5.91 Å². The molecule has 2 aromatic carbocycles. The van der Waals surface area contributed by atoms with E-state index in [9.17, 15) is 35.5 Å². The minimum absolute atomic E-state index is 0.0910. The van der Waals surface area contributed by atoms with Crippen LogP contribution in [0, 0.1) is 0 Å². The first-order chi connectivity index (χ1) is 11.9. The number of hydrogen-bond acceptors (Lipinski definition) is 2. The number of ether oxygens (including phenoxy) is 1. The summed E-state index contributed by atoms with van der Waals surface area (Å²) in [4.78, 5) is 10.9. The number of primary amides is 1. The van der Waals surface area contributed by atoms with Gasteiger partial charge in [-0.1, -0.05) is 0 Å². The molecular weight excluding hydrogens is 371 g/mol. The molecule has 10 heteroatoms. The number of amides is 1. The highest BCUT2D eigenvalue weighted by Gasteiger charge is 2.73. The van der Waals surface area contributed by atoms with E-state index < -0.39 is 29.5 Å². The Morgan fingerprint density at radius 1 is 0.769 bits per heavy atom. The van der Waals surface area contributed by atoms with Crippen molar-refractivity contribution in [3.05, 3.63) is 59.7 Å². The second kappa shape index (κ2) is 6.50. The molecule has 0 aliphatic carbocycles. The summed E-state index contributed by atoms with van der Waals surface area (Å²) < 4.78 is 94.9. The SMILES string of the molecule is NC(=O)c1ccc(Oc2ccc(C(F)(F)C(F)(F)C(F)(F)F)cc2)cc1. The van der Waals surface area contributed by atoms with Crippen molar-refractivity contribution in [3.63, 3.8) is 0 Å². The Labute approximate surface area is 142 Å². The van der Waals surface area contributed by atoms with E-state index in [1.54, 1.807) is 0 Å². The fraction of sp³-hybridized carbons (Fsp3) is 0.188. The first kappa shape index (κ1) is 19.5. The molecule has 0 radical (unpaired) electrons. The molecule has 0 fully saturated rings. The van der Waals surface area contributed by atoms with Gasteiger partial charge in [0.15, 0.2) is 0 Å². The molecule has 0 spiro atoms. The molecule has 0 aliphatic heterocycles. The summed E-state index contributed by atoms with van der Waals surface area (Å²) in [6, 6.07) is 7.77. The maximum atomic E-state index is 13.6. The molecule has 0 aromatic heterocycles. The van der Waals surface area contributed by atoms with Gasteiger partial charge >= 0.3 is 18.0 Å². The van der Waals surface area contributed by atoms with Gasteiger partial charge in [0.25, 0.3) is 0 Å². The van der Waals surface area contributed by atoms with Crippen molar-refractivity contribution in [2.75, 3.05) is 0 Å². The van der Waals surface area contributed by atoms with E-state index in [-0.39, 0.29) is 17.1 Å². The zero-order valence-corrected chi connectivity index (χ0v) is 12.7. The smallest absolute Gasteiger partial charge is 0.457 e. The summed E-state index contributed by atoms with van der Waals surface area (Å²) in [7, 11) is 0. The Morgan fingerprint density at radius 2 is 1.19 bits per heavy atom. The molecule has 3 nitrogen and oxygen atoms in total. The number of carbonyl (C=O) groups is 1. The lowest BCUT2D eigenvalue weighted by Crippen LogP contribution is -2.49. The van der Waals surface area contributed by atoms with E-state index in [4.69, 9.17) is 10.5 Å². The van der Waals surface area contributed by atoms with Gasteiger partial charge in [0, 0.05) is 11.1 Å². The summed E-state index contributed by atoms with van der Waals surface area (Å²) in [6.45, 7) is 0. The van der Waals surface area contributed by atoms with E-state index in [1.807, 2.05) is 0 Å². The molecule has 26 heavy (non-hydrogen) atoms. The zero-order valence-electron chi connectivity index (χ0n) is 12.7. The van der Waals surface area contributed by atoms with Crippen LogP contribution in [0.2, 0.25) is 0 Å². The van der Waals surface area contributed by atoms with Crippen molar-refractivity contribution in [1.29, 1.82) is 0 Å². The number of nitrogens with two attached hydrogens (primary N) is 1. The highest BCUT2D eigenvalue weighted by Crippen LogP contribution is 2.51. The highest BCUT2D eigenvalue weighted by molar-refractivity contribution is 5.92. The van der Waals surface area contributed by atoms with Gasteiger partial charge in [-0.05, 0) is 48.5 Å². The van der Waals surface area contributed by atoms with Crippen LogP contribution in [0.25, 0.3) is 0 Å². The van der Waals surface area contributed by atoms with Crippen LogP contribution in [0.5, 0.6) is 11.5 Å². The summed E-state index contributed by atoms with van der Waals surface area (Å²) >= 11 is 0. The predicted molar refractivity (Wildman–Crippen MR) is 76.4 cm³/mol. The monoisotopic (exact) mass is 381 g/mol. The zero-order chi connectivity index (χ0) is 19.8. The third-order valence-corrected chi connectivity index (χ3v) is 3.34. The number of halogens is 7. The van der Waals surface area contributed by atoms with Crippen LogP contribution in [0.4, 0.5) is 30.7 Å². The average molecular weight is 381 g/mol. The Kier molecular flexibility index (Phi) is 4.89. The normalized spacial score (nSPS) is 12.7. The fourth-order valence-electron chi connectivity index (χ4n) is 1.91. The Morgan fingerprint density at radius 3 is 1.58 bits per heavy atom. The topological polar surface area (TPSA) is 52.3 Å². The Bertz CT molecular complexity index is 784. The first-order valence-corrected chi connectivity index (χ1v) is 6.87. The van der Waals surface area contributed by atoms with Gasteiger partial charge in [0.1, 0.15) is 11.5 Å². The third kappa shape index (κ3) is 3.58. The predicted octanol–water partition coefficient (Wildman–Crippen LogP) is 4.87. The van der Waals surface area contributed by atoms with E-state index >= 15 is 0 Å². The van der Waals surface area contributed by atoms with Crippen LogP contribution in [-0.4, -0.2) is 18.0 Å². The highest BCUT2D eigenvalue weighted by atomic mass is 19.4. The van der Waals surface area contributed by atoms with Crippen LogP contribution in [-0.2, 0) is 5.92 Å². The van der Waals surface area contributed by atoms with Gasteiger partial charge < -0.3 is 10.5 Å². The molecule has 2 rings (SSSR count). The van der Waals surface area contributed by atoms with Gasteiger partial charge in [-0.15, -0.1) is 0 Å². The van der Waals surface area contributed by atoms with Crippen molar-refractivity contribution >= 4 is 5.91 Å². The second-order valence-corrected chi connectivity index (χ2v) is 5.16. The van der Waals surface area contributed by atoms with Crippen LogP contribution in [0.1, 0.15) is 15.9 Å². The largest absolute Gasteiger partial charge is 0.460 e. The molecule has 140 valence electrons. The fourth-order valence-corrected chi connectivity index (χ4v) is 1.91. The standard InChI is InChI=1S/C16H10F7NO2/c17-14(18,15(19,20)16(21,22)23)10-3-7-12(8-4-10)26-11-5-1-9(2-6-11)13(24)25/h1-8H,(H2,24,25). The number of carbonyl (C=O) groups excluding carboxylic acids is 1. The third-order valence-electron chi connectivity index (χ3n) is 3.34. The first-order valence-electron chi connectivity index (χ1n) is 6.87. The molecule has 0 saturated heterocycles. The van der Waals surface area contributed by atoms with Crippen molar-refractivity contribution in [2.45, 2.75) is 18.0 Å². The van der Waals surface area contributed by atoms with Crippen LogP contribution in [0.15, 0.2) is 48.5 Å². The molecular formula is C16H10F7NO2. The lowest BCUT2D eigenvalue weighted by Gasteiger charge is -2.28. The average Bonchev–Trinajstić information content (AvgIpc) is 2.54. The second-order valence-electron chi connectivity index (χ2n) is 5.16. The van der Waals surface area contributed by atoms with E-state index in [0.29, 0.717) is 12.1 Å². The maximum absolute atomic E-state index is 13.6. The van der Waals surface area contributed by atoms with Gasteiger partial charge in [-0.2, -0.15) is 30.7 Å². The molecule has 0 saturated carbocycles. The Hall–Kier alpha value is -2.78. The number of rotatable bonds is 5. The molecule has 0 unspecified atom stereocenters. The van der Waals surface area contributed by atoms with E-state index in [0.717, 1.165) is 12.1 Å². The van der Waals surface area contributed by atoms with Crippen molar-refractivity contribution in [3.8, 4) is 11.5 Å². The van der Waals surface area contributed by atoms with E-state index in [2.05, 4.69) is 0 Å². The summed E-state index contributed by atoms with van der Waals surface area (Å²) in [6.07, 6.45) is -6.41. The van der Waals surface area contributed by atoms with Crippen molar-refractivity contribution in [2.24, 2.45) is 5.73 Å². The Balaban J connectivity index is 2.21. The molecule has 0 atom stereocenters. The molecule has 0 bridgehead atoms.